The van der Waals surface area contributed by atoms with Crippen molar-refractivity contribution in [3.8, 4) is 0 Å². The molecule has 4 heteroatoms. The molecule has 2 aromatic rings. The largest absolute Gasteiger partial charge is 0.322 e. The van der Waals surface area contributed by atoms with Gasteiger partial charge in [-0.25, -0.2) is 4.39 Å². The molecule has 3 nitrogen and oxygen atoms in total. The first-order valence-corrected chi connectivity index (χ1v) is 5.56. The molecule has 0 spiro atoms. The average molecular weight is 244 g/mol. The maximum Gasteiger partial charge on any atom is 0.258 e. The van der Waals surface area contributed by atoms with E-state index < -0.39 is 11.7 Å². The number of halogens is 1. The fourth-order valence-electron chi connectivity index (χ4n) is 1.61. The first kappa shape index (κ1) is 12.2. The quantitative estimate of drug-likeness (QED) is 0.882. The monoisotopic (exact) mass is 244 g/mol. The maximum absolute atomic E-state index is 13.6. The van der Waals surface area contributed by atoms with Crippen molar-refractivity contribution in [1.82, 2.24) is 4.98 Å². The highest BCUT2D eigenvalue weighted by molar-refractivity contribution is 6.04. The lowest BCUT2D eigenvalue weighted by Crippen LogP contribution is -2.14. The van der Waals surface area contributed by atoms with Crippen LogP contribution >= 0.6 is 0 Å². The minimum atomic E-state index is -0.515. The molecule has 1 heterocycles. The van der Waals surface area contributed by atoms with E-state index in [1.54, 1.807) is 31.5 Å². The van der Waals surface area contributed by atoms with E-state index >= 15 is 0 Å². The van der Waals surface area contributed by atoms with E-state index in [1.165, 1.54) is 12.1 Å². The third-order valence-corrected chi connectivity index (χ3v) is 2.64. The molecule has 18 heavy (non-hydrogen) atoms. The topological polar surface area (TPSA) is 42.0 Å². The second-order valence-corrected chi connectivity index (χ2v) is 4.13. The van der Waals surface area contributed by atoms with Crippen LogP contribution in [0.3, 0.4) is 0 Å². The van der Waals surface area contributed by atoms with Gasteiger partial charge in [0.05, 0.1) is 5.56 Å². The molecule has 1 N–H and O–H groups in total. The first-order valence-electron chi connectivity index (χ1n) is 5.56. The predicted octanol–water partition coefficient (Wildman–Crippen LogP) is 3.09. The van der Waals surface area contributed by atoms with E-state index in [-0.39, 0.29) is 5.56 Å². The summed E-state index contributed by atoms with van der Waals surface area (Å²) in [4.78, 5) is 15.9. The molecule has 0 atom stereocenters. The highest BCUT2D eigenvalue weighted by Crippen LogP contribution is 2.15. The molecule has 0 aliphatic rings. The smallest absolute Gasteiger partial charge is 0.258 e. The van der Waals surface area contributed by atoms with Crippen molar-refractivity contribution in [1.29, 1.82) is 0 Å². The van der Waals surface area contributed by atoms with Gasteiger partial charge in [0, 0.05) is 18.1 Å². The summed E-state index contributed by atoms with van der Waals surface area (Å²) in [6.45, 7) is 3.60. The summed E-state index contributed by atoms with van der Waals surface area (Å²) in [5.74, 6) is -0.971. The van der Waals surface area contributed by atoms with Crippen molar-refractivity contribution in [3.63, 3.8) is 0 Å². The van der Waals surface area contributed by atoms with Crippen LogP contribution in [0.5, 0.6) is 0 Å². The van der Waals surface area contributed by atoms with Gasteiger partial charge in [-0.3, -0.25) is 9.78 Å². The van der Waals surface area contributed by atoms with Gasteiger partial charge >= 0.3 is 0 Å². The van der Waals surface area contributed by atoms with E-state index in [0.29, 0.717) is 5.69 Å². The van der Waals surface area contributed by atoms with E-state index in [1.807, 2.05) is 6.92 Å². The van der Waals surface area contributed by atoms with Crippen molar-refractivity contribution in [2.45, 2.75) is 13.8 Å². The molecule has 1 aromatic heterocycles. The van der Waals surface area contributed by atoms with Crippen LogP contribution in [0, 0.1) is 19.7 Å². The molecular formula is C14H13FN2O. The van der Waals surface area contributed by atoms with Crippen LogP contribution in [0.15, 0.2) is 36.7 Å². The predicted molar refractivity (Wildman–Crippen MR) is 68.1 cm³/mol. The number of anilines is 1. The Hall–Kier alpha value is -2.23. The van der Waals surface area contributed by atoms with Crippen LogP contribution in [0.4, 0.5) is 10.1 Å². The Morgan fingerprint density at radius 3 is 2.72 bits per heavy atom. The van der Waals surface area contributed by atoms with Gasteiger partial charge in [0.2, 0.25) is 0 Å². The van der Waals surface area contributed by atoms with Crippen molar-refractivity contribution < 1.29 is 9.18 Å². The minimum absolute atomic E-state index is 0.0387. The highest BCUT2D eigenvalue weighted by atomic mass is 19.1. The molecule has 92 valence electrons. The van der Waals surface area contributed by atoms with Crippen molar-refractivity contribution in [3.05, 3.63) is 59.2 Å². The van der Waals surface area contributed by atoms with Crippen LogP contribution < -0.4 is 5.32 Å². The molecule has 0 fully saturated rings. The number of nitrogens with zero attached hydrogens (tertiary/aromatic N) is 1. The Morgan fingerprint density at radius 2 is 2.06 bits per heavy atom. The summed E-state index contributed by atoms with van der Waals surface area (Å²) >= 11 is 0. The Balaban J connectivity index is 2.25. The average Bonchev–Trinajstić information content (AvgIpc) is 2.32. The van der Waals surface area contributed by atoms with Crippen LogP contribution in [0.1, 0.15) is 21.5 Å². The normalized spacial score (nSPS) is 10.2. The van der Waals surface area contributed by atoms with Gasteiger partial charge in [-0.15, -0.1) is 0 Å². The number of aromatic nitrogens is 1. The van der Waals surface area contributed by atoms with Crippen LogP contribution in [0.25, 0.3) is 0 Å². The van der Waals surface area contributed by atoms with Gasteiger partial charge in [0.15, 0.2) is 0 Å². The molecule has 0 bridgehead atoms. The molecule has 2 rings (SSSR count). The standard InChI is InChI=1S/C14H13FN2O/c1-9-3-4-11(12(15)7-9)14(18)17-13-5-6-16-8-10(13)2/h3-8H,1-2H3,(H,16,17,18). The third kappa shape index (κ3) is 2.53. The number of amides is 1. The number of pyridine rings is 1. The summed E-state index contributed by atoms with van der Waals surface area (Å²) in [5.41, 5.74) is 2.29. The molecule has 0 unspecified atom stereocenters. The van der Waals surface area contributed by atoms with Gasteiger partial charge < -0.3 is 5.32 Å². The van der Waals surface area contributed by atoms with Crippen LogP contribution in [-0.4, -0.2) is 10.9 Å². The molecule has 0 radical (unpaired) electrons. The number of hydrogen-bond acceptors (Lipinski definition) is 2. The van der Waals surface area contributed by atoms with Crippen molar-refractivity contribution in [2.75, 3.05) is 5.32 Å². The number of carbonyl (C=O) groups is 1. The van der Waals surface area contributed by atoms with Crippen molar-refractivity contribution in [2.24, 2.45) is 0 Å². The van der Waals surface area contributed by atoms with E-state index in [2.05, 4.69) is 10.3 Å². The van der Waals surface area contributed by atoms with Gasteiger partial charge in [0.25, 0.3) is 5.91 Å². The number of rotatable bonds is 2. The SMILES string of the molecule is Cc1ccc(C(=O)Nc2ccncc2C)c(F)c1. The first-order chi connectivity index (χ1) is 8.58. The van der Waals surface area contributed by atoms with Crippen LogP contribution in [-0.2, 0) is 0 Å². The zero-order chi connectivity index (χ0) is 13.1. The Morgan fingerprint density at radius 1 is 1.28 bits per heavy atom. The summed E-state index contributed by atoms with van der Waals surface area (Å²) in [6.07, 6.45) is 3.22. The number of carbonyl (C=O) groups excluding carboxylic acids is 1. The van der Waals surface area contributed by atoms with E-state index in [0.717, 1.165) is 11.1 Å². The number of aryl methyl sites for hydroxylation is 2. The fraction of sp³-hybridized carbons (Fsp3) is 0.143. The maximum atomic E-state index is 13.6. The second-order valence-electron chi connectivity index (χ2n) is 4.13. The Labute approximate surface area is 105 Å². The number of nitrogens with one attached hydrogen (secondary N) is 1. The highest BCUT2D eigenvalue weighted by Gasteiger charge is 2.12. The zero-order valence-electron chi connectivity index (χ0n) is 10.2. The second kappa shape index (κ2) is 4.96. The lowest BCUT2D eigenvalue weighted by Gasteiger charge is -2.08. The van der Waals surface area contributed by atoms with Crippen LogP contribution in [0.2, 0.25) is 0 Å². The van der Waals surface area contributed by atoms with Gasteiger partial charge in [-0.05, 0) is 43.2 Å². The summed E-state index contributed by atoms with van der Waals surface area (Å²) < 4.78 is 13.6. The molecule has 1 amide bonds. The van der Waals surface area contributed by atoms with Gasteiger partial charge in [0.1, 0.15) is 5.82 Å². The summed E-state index contributed by atoms with van der Waals surface area (Å²) in [5, 5.41) is 2.67. The lowest BCUT2D eigenvalue weighted by atomic mass is 10.1. The molecule has 0 saturated carbocycles. The van der Waals surface area contributed by atoms with Gasteiger partial charge in [-0.2, -0.15) is 0 Å². The molecular weight excluding hydrogens is 231 g/mol. The molecule has 0 aliphatic heterocycles. The third-order valence-electron chi connectivity index (χ3n) is 2.64. The summed E-state index contributed by atoms with van der Waals surface area (Å²) in [6, 6.07) is 6.21. The van der Waals surface area contributed by atoms with E-state index in [4.69, 9.17) is 0 Å². The molecule has 1 aromatic carbocycles. The van der Waals surface area contributed by atoms with Crippen molar-refractivity contribution >= 4 is 11.6 Å². The molecule has 0 aliphatic carbocycles. The lowest BCUT2D eigenvalue weighted by molar-refractivity contribution is 0.102. The Bertz CT molecular complexity index is 596. The Kier molecular flexibility index (Phi) is 3.37. The number of hydrogen-bond donors (Lipinski definition) is 1. The number of benzene rings is 1. The van der Waals surface area contributed by atoms with E-state index in [9.17, 15) is 9.18 Å². The van der Waals surface area contributed by atoms with Gasteiger partial charge in [-0.1, -0.05) is 6.07 Å². The summed E-state index contributed by atoms with van der Waals surface area (Å²) in [7, 11) is 0. The fourth-order valence-corrected chi connectivity index (χ4v) is 1.61. The minimum Gasteiger partial charge on any atom is -0.322 e. The zero-order valence-corrected chi connectivity index (χ0v) is 10.2. The molecule has 0 saturated heterocycles.